The molecule has 2 aromatic carbocycles. The third-order valence-corrected chi connectivity index (χ3v) is 8.50. The Balaban J connectivity index is 2.20. The Labute approximate surface area is 188 Å². The number of alkyl halides is 3. The van der Waals surface area contributed by atoms with Gasteiger partial charge in [0.2, 0.25) is 0 Å². The molecule has 0 aliphatic carbocycles. The van der Waals surface area contributed by atoms with E-state index in [-0.39, 0.29) is 4.90 Å². The summed E-state index contributed by atoms with van der Waals surface area (Å²) in [6.07, 6.45) is -2.69. The first-order chi connectivity index (χ1) is 14.5. The van der Waals surface area contributed by atoms with E-state index < -0.39 is 21.8 Å². The molecule has 10 heteroatoms. The first-order valence-corrected chi connectivity index (χ1v) is 13.0. The summed E-state index contributed by atoms with van der Waals surface area (Å²) in [5.41, 5.74) is -0.0394. The molecule has 0 N–H and O–H groups in total. The number of halogens is 3. The van der Waals surface area contributed by atoms with Crippen molar-refractivity contribution in [1.29, 1.82) is 0 Å². The average Bonchev–Trinajstić information content (AvgIpc) is 2.98. The summed E-state index contributed by atoms with van der Waals surface area (Å²) in [6, 6.07) is 9.35. The summed E-state index contributed by atoms with van der Waals surface area (Å²) in [7, 11) is -0.315. The highest BCUT2D eigenvalue weighted by Gasteiger charge is 2.33. The standard InChI is InChI=1S/C21H23F3N2O2S3/c1-14-20(30-11-10-25(2)3)18-13-16(29-4)8-9-19(18)26(14)31(27,28)17-7-5-6-15(12-17)21(22,23)24/h5-9,12-13H,10-11H2,1-4H3. The number of benzene rings is 2. The van der Waals surface area contributed by atoms with Crippen molar-refractivity contribution in [3.63, 3.8) is 0 Å². The maximum absolute atomic E-state index is 13.5. The van der Waals surface area contributed by atoms with Crippen LogP contribution in [0.5, 0.6) is 0 Å². The van der Waals surface area contributed by atoms with Crippen LogP contribution < -0.4 is 0 Å². The fourth-order valence-electron chi connectivity index (χ4n) is 3.23. The van der Waals surface area contributed by atoms with E-state index in [1.165, 1.54) is 10.0 Å². The maximum atomic E-state index is 13.5. The van der Waals surface area contributed by atoms with Crippen molar-refractivity contribution in [3.05, 3.63) is 53.7 Å². The third kappa shape index (κ3) is 4.92. The second-order valence-electron chi connectivity index (χ2n) is 7.24. The molecule has 0 saturated heterocycles. The monoisotopic (exact) mass is 488 g/mol. The van der Waals surface area contributed by atoms with Gasteiger partial charge in [-0.05, 0) is 63.7 Å². The number of hydrogen-bond donors (Lipinski definition) is 0. The first kappa shape index (κ1) is 24.0. The van der Waals surface area contributed by atoms with Gasteiger partial charge in [0.05, 0.1) is 16.0 Å². The molecule has 0 spiro atoms. The lowest BCUT2D eigenvalue weighted by atomic mass is 10.2. The molecule has 3 rings (SSSR count). The molecule has 0 aliphatic rings. The van der Waals surface area contributed by atoms with E-state index in [9.17, 15) is 21.6 Å². The SMILES string of the molecule is CSc1ccc2c(c1)c(SCCN(C)C)c(C)n2S(=O)(=O)c1cccc(C(F)(F)F)c1. The van der Waals surface area contributed by atoms with Crippen LogP contribution in [0.2, 0.25) is 0 Å². The summed E-state index contributed by atoms with van der Waals surface area (Å²) in [4.78, 5) is 3.45. The van der Waals surface area contributed by atoms with Gasteiger partial charge in [-0.25, -0.2) is 12.4 Å². The largest absolute Gasteiger partial charge is 0.416 e. The van der Waals surface area contributed by atoms with E-state index in [2.05, 4.69) is 0 Å². The highest BCUT2D eigenvalue weighted by Crippen LogP contribution is 2.39. The number of aromatic nitrogens is 1. The van der Waals surface area contributed by atoms with Gasteiger partial charge >= 0.3 is 6.18 Å². The van der Waals surface area contributed by atoms with E-state index in [1.54, 1.807) is 36.5 Å². The van der Waals surface area contributed by atoms with Gasteiger partial charge in [0.15, 0.2) is 0 Å². The maximum Gasteiger partial charge on any atom is 0.416 e. The molecule has 0 amide bonds. The molecule has 0 fully saturated rings. The zero-order valence-corrected chi connectivity index (χ0v) is 20.0. The van der Waals surface area contributed by atoms with Gasteiger partial charge in [-0.15, -0.1) is 23.5 Å². The van der Waals surface area contributed by atoms with E-state index in [0.29, 0.717) is 17.3 Å². The predicted octanol–water partition coefficient (Wildman–Crippen LogP) is 5.58. The zero-order chi connectivity index (χ0) is 23.0. The number of rotatable bonds is 7. The van der Waals surface area contributed by atoms with Gasteiger partial charge < -0.3 is 4.90 Å². The minimum absolute atomic E-state index is 0.388. The summed E-state index contributed by atoms with van der Waals surface area (Å²) in [5, 5.41) is 0.781. The van der Waals surface area contributed by atoms with Crippen LogP contribution >= 0.6 is 23.5 Å². The zero-order valence-electron chi connectivity index (χ0n) is 17.5. The van der Waals surface area contributed by atoms with E-state index in [1.807, 2.05) is 37.4 Å². The summed E-state index contributed by atoms with van der Waals surface area (Å²) >= 11 is 3.09. The lowest BCUT2D eigenvalue weighted by Crippen LogP contribution is -2.16. The van der Waals surface area contributed by atoms with Crippen LogP contribution in [0, 0.1) is 6.92 Å². The molecule has 0 radical (unpaired) electrons. The minimum atomic E-state index is -4.63. The quantitative estimate of drug-likeness (QED) is 0.406. The van der Waals surface area contributed by atoms with Crippen molar-refractivity contribution >= 4 is 44.4 Å². The molecular formula is C21H23F3N2O2S3. The second-order valence-corrected chi connectivity index (χ2v) is 11.0. The summed E-state index contributed by atoms with van der Waals surface area (Å²) < 4.78 is 67.6. The fraction of sp³-hybridized carbons (Fsp3) is 0.333. The summed E-state index contributed by atoms with van der Waals surface area (Å²) in [6.45, 7) is 2.50. The van der Waals surface area contributed by atoms with E-state index >= 15 is 0 Å². The lowest BCUT2D eigenvalue weighted by molar-refractivity contribution is -0.137. The highest BCUT2D eigenvalue weighted by atomic mass is 32.2. The van der Waals surface area contributed by atoms with Gasteiger partial charge in [0, 0.05) is 33.2 Å². The Morgan fingerprint density at radius 3 is 2.42 bits per heavy atom. The van der Waals surface area contributed by atoms with Gasteiger partial charge in [0.1, 0.15) is 0 Å². The van der Waals surface area contributed by atoms with Gasteiger partial charge in [-0.2, -0.15) is 13.2 Å². The van der Waals surface area contributed by atoms with Crippen molar-refractivity contribution in [1.82, 2.24) is 8.87 Å². The Kier molecular flexibility index (Phi) is 7.05. The first-order valence-electron chi connectivity index (χ1n) is 9.36. The van der Waals surface area contributed by atoms with Crippen LogP contribution in [-0.4, -0.2) is 49.9 Å². The van der Waals surface area contributed by atoms with Crippen LogP contribution in [0.1, 0.15) is 11.3 Å². The molecule has 0 atom stereocenters. The van der Waals surface area contributed by atoms with E-state index in [4.69, 9.17) is 0 Å². The molecule has 0 aliphatic heterocycles. The average molecular weight is 489 g/mol. The van der Waals surface area contributed by atoms with Crippen LogP contribution in [0.3, 0.4) is 0 Å². The van der Waals surface area contributed by atoms with Crippen molar-refractivity contribution in [2.75, 3.05) is 32.6 Å². The van der Waals surface area contributed by atoms with E-state index in [0.717, 1.165) is 39.6 Å². The van der Waals surface area contributed by atoms with Crippen molar-refractivity contribution in [2.24, 2.45) is 0 Å². The molecule has 4 nitrogen and oxygen atoms in total. The van der Waals surface area contributed by atoms with Crippen LogP contribution in [-0.2, 0) is 16.2 Å². The molecule has 31 heavy (non-hydrogen) atoms. The Morgan fingerprint density at radius 1 is 1.10 bits per heavy atom. The normalized spacial score (nSPS) is 12.8. The minimum Gasteiger partial charge on any atom is -0.309 e. The molecule has 0 unspecified atom stereocenters. The van der Waals surface area contributed by atoms with Gasteiger partial charge in [-0.3, -0.25) is 0 Å². The fourth-order valence-corrected chi connectivity index (χ4v) is 6.61. The molecular weight excluding hydrogens is 465 g/mol. The Bertz CT molecular complexity index is 1200. The van der Waals surface area contributed by atoms with Crippen molar-refractivity contribution in [3.8, 4) is 0 Å². The van der Waals surface area contributed by atoms with Gasteiger partial charge in [-0.1, -0.05) is 6.07 Å². The third-order valence-electron chi connectivity index (χ3n) is 4.78. The van der Waals surface area contributed by atoms with Crippen LogP contribution in [0.25, 0.3) is 10.9 Å². The van der Waals surface area contributed by atoms with Crippen molar-refractivity contribution < 1.29 is 21.6 Å². The number of thioether (sulfide) groups is 2. The van der Waals surface area contributed by atoms with Crippen LogP contribution in [0.4, 0.5) is 13.2 Å². The molecule has 168 valence electrons. The Morgan fingerprint density at radius 2 is 1.81 bits per heavy atom. The Hall–Kier alpha value is -1.62. The van der Waals surface area contributed by atoms with Crippen LogP contribution in [0.15, 0.2) is 57.2 Å². The number of hydrogen-bond acceptors (Lipinski definition) is 5. The van der Waals surface area contributed by atoms with Crippen molar-refractivity contribution in [2.45, 2.75) is 27.8 Å². The molecule has 0 saturated carbocycles. The highest BCUT2D eigenvalue weighted by molar-refractivity contribution is 7.99. The molecule has 1 aromatic heterocycles. The summed E-state index contributed by atoms with van der Waals surface area (Å²) in [5.74, 6) is 0.750. The molecule has 0 bridgehead atoms. The topological polar surface area (TPSA) is 42.3 Å². The molecule has 1 heterocycles. The second kappa shape index (κ2) is 9.09. The predicted molar refractivity (Wildman–Crippen MR) is 122 cm³/mol. The smallest absolute Gasteiger partial charge is 0.309 e. The lowest BCUT2D eigenvalue weighted by Gasteiger charge is -2.13. The number of fused-ring (bicyclic) bond motifs is 1. The number of nitrogens with zero attached hydrogens (tertiary/aromatic N) is 2. The van der Waals surface area contributed by atoms with Gasteiger partial charge in [0.25, 0.3) is 10.0 Å². The molecule has 3 aromatic rings.